The van der Waals surface area contributed by atoms with E-state index >= 15 is 0 Å². The van der Waals surface area contributed by atoms with E-state index in [0.29, 0.717) is 5.95 Å². The summed E-state index contributed by atoms with van der Waals surface area (Å²) in [5.74, 6) is 0.533. The first-order valence-corrected chi connectivity index (χ1v) is 3.89. The third-order valence-electron chi connectivity index (χ3n) is 1.42. The smallest absolute Gasteiger partial charge is 0.243 e. The van der Waals surface area contributed by atoms with Gasteiger partial charge in [0.05, 0.1) is 0 Å². The molecule has 0 saturated carbocycles. The van der Waals surface area contributed by atoms with Gasteiger partial charge < -0.3 is 0 Å². The van der Waals surface area contributed by atoms with Crippen LogP contribution in [0.4, 0.5) is 5.95 Å². The van der Waals surface area contributed by atoms with Crippen molar-refractivity contribution in [3.8, 4) is 0 Å². The summed E-state index contributed by atoms with van der Waals surface area (Å²) in [5.41, 5.74) is 3.79. The Labute approximate surface area is 71.7 Å². The molecule has 0 aliphatic carbocycles. The number of aromatic nitrogens is 2. The van der Waals surface area contributed by atoms with Crippen LogP contribution in [-0.2, 0) is 0 Å². The average Bonchev–Trinajstić information content (AvgIpc) is 2.16. The van der Waals surface area contributed by atoms with Crippen LogP contribution in [-0.4, -0.2) is 15.7 Å². The van der Waals surface area contributed by atoms with E-state index in [9.17, 15) is 0 Å². The van der Waals surface area contributed by atoms with Crippen LogP contribution in [0.3, 0.4) is 0 Å². The summed E-state index contributed by atoms with van der Waals surface area (Å²) in [7, 11) is 0. The van der Waals surface area contributed by atoms with Gasteiger partial charge in [0.2, 0.25) is 5.95 Å². The van der Waals surface area contributed by atoms with Crippen LogP contribution in [0.2, 0.25) is 0 Å². The quantitative estimate of drug-likeness (QED) is 0.546. The van der Waals surface area contributed by atoms with Crippen LogP contribution in [0.1, 0.15) is 20.3 Å². The highest BCUT2D eigenvalue weighted by atomic mass is 15.3. The summed E-state index contributed by atoms with van der Waals surface area (Å²) >= 11 is 0. The molecule has 1 rings (SSSR count). The molecule has 0 radical (unpaired) electrons. The summed E-state index contributed by atoms with van der Waals surface area (Å²) in [6.45, 7) is 4.00. The maximum atomic E-state index is 4.05. The molecule has 1 heterocycles. The molecule has 0 spiro atoms. The van der Waals surface area contributed by atoms with Gasteiger partial charge >= 0.3 is 0 Å². The Bertz CT molecular complexity index is 255. The molecule has 1 aromatic heterocycles. The molecule has 4 heteroatoms. The van der Waals surface area contributed by atoms with E-state index in [1.54, 1.807) is 18.5 Å². The summed E-state index contributed by atoms with van der Waals surface area (Å²) in [6, 6.07) is 1.77. The van der Waals surface area contributed by atoms with E-state index in [4.69, 9.17) is 0 Å². The third-order valence-corrected chi connectivity index (χ3v) is 1.42. The molecule has 0 amide bonds. The van der Waals surface area contributed by atoms with Crippen LogP contribution in [0.25, 0.3) is 0 Å². The molecule has 0 aliphatic rings. The Kier molecular flexibility index (Phi) is 3.19. The number of hydrazone groups is 1. The molecule has 0 aliphatic heterocycles. The van der Waals surface area contributed by atoms with Gasteiger partial charge in [-0.2, -0.15) is 5.10 Å². The Morgan fingerprint density at radius 1 is 1.50 bits per heavy atom. The largest absolute Gasteiger partial charge is 0.245 e. The highest BCUT2D eigenvalue weighted by Gasteiger charge is 1.89. The van der Waals surface area contributed by atoms with Crippen LogP contribution in [0.5, 0.6) is 0 Å². The number of hydrogen-bond donors (Lipinski definition) is 1. The molecule has 0 atom stereocenters. The molecule has 1 aromatic rings. The summed E-state index contributed by atoms with van der Waals surface area (Å²) in [6.07, 6.45) is 4.28. The van der Waals surface area contributed by atoms with Crippen LogP contribution < -0.4 is 5.43 Å². The zero-order valence-electron chi connectivity index (χ0n) is 7.28. The van der Waals surface area contributed by atoms with E-state index in [2.05, 4.69) is 20.5 Å². The lowest BCUT2D eigenvalue weighted by atomic mass is 10.3. The van der Waals surface area contributed by atoms with Crippen LogP contribution >= 0.6 is 0 Å². The second-order valence-corrected chi connectivity index (χ2v) is 2.38. The van der Waals surface area contributed by atoms with Gasteiger partial charge in [0.1, 0.15) is 0 Å². The Hall–Kier alpha value is -1.45. The predicted molar refractivity (Wildman–Crippen MR) is 49.1 cm³/mol. The van der Waals surface area contributed by atoms with Crippen molar-refractivity contribution in [2.24, 2.45) is 5.10 Å². The zero-order valence-corrected chi connectivity index (χ0v) is 7.28. The molecule has 4 nitrogen and oxygen atoms in total. The van der Waals surface area contributed by atoms with Gasteiger partial charge in [-0.3, -0.25) is 0 Å². The van der Waals surface area contributed by atoms with E-state index < -0.39 is 0 Å². The minimum atomic E-state index is 0.533. The van der Waals surface area contributed by atoms with Crippen molar-refractivity contribution >= 4 is 11.7 Å². The van der Waals surface area contributed by atoms with E-state index in [1.807, 2.05) is 13.8 Å². The van der Waals surface area contributed by atoms with Crippen molar-refractivity contribution < 1.29 is 0 Å². The maximum Gasteiger partial charge on any atom is 0.243 e. The monoisotopic (exact) mass is 164 g/mol. The van der Waals surface area contributed by atoms with Crippen molar-refractivity contribution in [3.63, 3.8) is 0 Å². The molecule has 0 aromatic carbocycles. The van der Waals surface area contributed by atoms with Crippen molar-refractivity contribution in [3.05, 3.63) is 18.5 Å². The SMILES string of the molecule is CC/C(C)=N/Nc1ncccn1. The number of anilines is 1. The molecule has 0 bridgehead atoms. The molecular weight excluding hydrogens is 152 g/mol. The Morgan fingerprint density at radius 3 is 2.75 bits per heavy atom. The fourth-order valence-electron chi connectivity index (χ4n) is 0.581. The molecule has 1 N–H and O–H groups in total. The normalized spacial score (nSPS) is 11.3. The van der Waals surface area contributed by atoms with Gasteiger partial charge in [-0.15, -0.1) is 0 Å². The van der Waals surface area contributed by atoms with E-state index in [-0.39, 0.29) is 0 Å². The van der Waals surface area contributed by atoms with Crippen molar-refractivity contribution in [2.75, 3.05) is 5.43 Å². The lowest BCUT2D eigenvalue weighted by Crippen LogP contribution is -1.98. The second-order valence-electron chi connectivity index (χ2n) is 2.38. The molecule has 0 unspecified atom stereocenters. The maximum absolute atomic E-state index is 4.05. The highest BCUT2D eigenvalue weighted by molar-refractivity contribution is 5.82. The van der Waals surface area contributed by atoms with Crippen LogP contribution in [0, 0.1) is 0 Å². The highest BCUT2D eigenvalue weighted by Crippen LogP contribution is 1.94. The van der Waals surface area contributed by atoms with Crippen molar-refractivity contribution in [2.45, 2.75) is 20.3 Å². The third kappa shape index (κ3) is 2.65. The first kappa shape index (κ1) is 8.64. The first-order chi connectivity index (χ1) is 5.83. The van der Waals surface area contributed by atoms with Crippen molar-refractivity contribution in [1.82, 2.24) is 9.97 Å². The van der Waals surface area contributed by atoms with E-state index in [1.165, 1.54) is 0 Å². The van der Waals surface area contributed by atoms with E-state index in [0.717, 1.165) is 12.1 Å². The average molecular weight is 164 g/mol. The molecule has 0 saturated heterocycles. The zero-order chi connectivity index (χ0) is 8.81. The molecule has 64 valence electrons. The second kappa shape index (κ2) is 4.43. The Balaban J connectivity index is 2.54. The Morgan fingerprint density at radius 2 is 2.17 bits per heavy atom. The van der Waals surface area contributed by atoms with Gasteiger partial charge in [0.25, 0.3) is 0 Å². The number of nitrogens with one attached hydrogen (secondary N) is 1. The fourth-order valence-corrected chi connectivity index (χ4v) is 0.581. The van der Waals surface area contributed by atoms with Gasteiger partial charge in [0.15, 0.2) is 0 Å². The topological polar surface area (TPSA) is 50.2 Å². The standard InChI is InChI=1S/C8H12N4/c1-3-7(2)11-12-8-9-5-4-6-10-8/h4-6H,3H2,1-2H3,(H,9,10,12)/b11-7+. The van der Waals surface area contributed by atoms with Gasteiger partial charge in [0, 0.05) is 18.1 Å². The predicted octanol–water partition coefficient (Wildman–Crippen LogP) is 1.67. The van der Waals surface area contributed by atoms with Crippen molar-refractivity contribution in [1.29, 1.82) is 0 Å². The molecule has 12 heavy (non-hydrogen) atoms. The minimum Gasteiger partial charge on any atom is -0.245 e. The molecule has 0 fully saturated rings. The number of nitrogens with zero attached hydrogens (tertiary/aromatic N) is 3. The molecular formula is C8H12N4. The number of rotatable bonds is 3. The summed E-state index contributed by atoms with van der Waals surface area (Å²) in [5, 5.41) is 4.05. The minimum absolute atomic E-state index is 0.533. The van der Waals surface area contributed by atoms with Gasteiger partial charge in [-0.05, 0) is 19.4 Å². The summed E-state index contributed by atoms with van der Waals surface area (Å²) < 4.78 is 0. The van der Waals surface area contributed by atoms with Crippen LogP contribution in [0.15, 0.2) is 23.6 Å². The fraction of sp³-hybridized carbons (Fsp3) is 0.375. The lowest BCUT2D eigenvalue weighted by Gasteiger charge is -1.97. The summed E-state index contributed by atoms with van der Waals surface area (Å²) in [4.78, 5) is 7.91. The van der Waals surface area contributed by atoms with Gasteiger partial charge in [-0.1, -0.05) is 6.92 Å². The number of hydrogen-bond acceptors (Lipinski definition) is 4. The van der Waals surface area contributed by atoms with Gasteiger partial charge in [-0.25, -0.2) is 15.4 Å². The first-order valence-electron chi connectivity index (χ1n) is 3.89. The lowest BCUT2D eigenvalue weighted by molar-refractivity contribution is 1.10.